The number of rotatable bonds is 8. The predicted molar refractivity (Wildman–Crippen MR) is 184 cm³/mol. The summed E-state index contributed by atoms with van der Waals surface area (Å²) >= 11 is 6.54. The smallest absolute Gasteiger partial charge is 0.335 e. The molecular weight excluding hydrogens is 705 g/mol. The van der Waals surface area contributed by atoms with Crippen molar-refractivity contribution in [1.29, 1.82) is 5.26 Å². The second-order valence-corrected chi connectivity index (χ2v) is 13.6. The number of methoxy groups -OCH3 is 1. The van der Waals surface area contributed by atoms with Crippen molar-refractivity contribution >= 4 is 44.0 Å². The highest BCUT2D eigenvalue weighted by molar-refractivity contribution is 7.90. The van der Waals surface area contributed by atoms with Gasteiger partial charge in [0.2, 0.25) is 0 Å². The SMILES string of the molecule is COc1cc(-c2c(-c3cccc(-c4ccc(C(=O)O)cc4Cl)c3)n(S(=O)(=O)c3ccc(C(F)F)cc3)c3ccc(F)cc23)c2c(C#N)cnn2c1. The molecule has 3 heterocycles. The number of carbonyl (C=O) groups is 1. The van der Waals surface area contributed by atoms with Crippen LogP contribution in [0.3, 0.4) is 0 Å². The van der Waals surface area contributed by atoms with Gasteiger partial charge in [0.1, 0.15) is 17.6 Å². The van der Waals surface area contributed by atoms with Crippen molar-refractivity contribution in [2.75, 3.05) is 7.11 Å². The van der Waals surface area contributed by atoms with Gasteiger partial charge in [-0.15, -0.1) is 0 Å². The summed E-state index contributed by atoms with van der Waals surface area (Å²) in [5.74, 6) is -1.57. The molecule has 1 N–H and O–H groups in total. The van der Waals surface area contributed by atoms with Gasteiger partial charge in [0.25, 0.3) is 16.4 Å². The van der Waals surface area contributed by atoms with Crippen molar-refractivity contribution in [2.45, 2.75) is 11.3 Å². The number of nitriles is 1. The van der Waals surface area contributed by atoms with E-state index in [9.17, 15) is 32.4 Å². The quantitative estimate of drug-likeness (QED) is 0.166. The van der Waals surface area contributed by atoms with Crippen LogP contribution in [0.4, 0.5) is 13.2 Å². The van der Waals surface area contributed by atoms with E-state index >= 15 is 4.39 Å². The Bertz CT molecular complexity index is 2700. The van der Waals surface area contributed by atoms with Crippen molar-refractivity contribution < 1.29 is 36.2 Å². The van der Waals surface area contributed by atoms with E-state index in [2.05, 4.69) is 11.2 Å². The molecule has 0 saturated heterocycles. The molecule has 4 aromatic carbocycles. The molecule has 0 unspecified atom stereocenters. The summed E-state index contributed by atoms with van der Waals surface area (Å²) in [4.78, 5) is 11.3. The minimum absolute atomic E-state index is 0.0360. The number of aromatic nitrogens is 3. The van der Waals surface area contributed by atoms with Crippen molar-refractivity contribution in [1.82, 2.24) is 13.6 Å². The molecule has 51 heavy (non-hydrogen) atoms. The van der Waals surface area contributed by atoms with Gasteiger partial charge in [0, 0.05) is 38.2 Å². The van der Waals surface area contributed by atoms with E-state index in [1.54, 1.807) is 30.3 Å². The molecular formula is C37H22ClF3N4O5S. The third kappa shape index (κ3) is 5.64. The highest BCUT2D eigenvalue weighted by atomic mass is 35.5. The fourth-order valence-corrected chi connectivity index (χ4v) is 7.94. The van der Waals surface area contributed by atoms with E-state index in [1.807, 2.05) is 0 Å². The maximum Gasteiger partial charge on any atom is 0.335 e. The highest BCUT2D eigenvalue weighted by Crippen LogP contribution is 2.46. The molecule has 0 radical (unpaired) electrons. The minimum Gasteiger partial charge on any atom is -0.495 e. The first-order valence-corrected chi connectivity index (χ1v) is 16.8. The number of aromatic carboxylic acids is 1. The van der Waals surface area contributed by atoms with Crippen LogP contribution >= 0.6 is 11.6 Å². The van der Waals surface area contributed by atoms with Gasteiger partial charge in [-0.3, -0.25) is 0 Å². The predicted octanol–water partition coefficient (Wildman–Crippen LogP) is 8.84. The molecule has 3 aromatic heterocycles. The average Bonchev–Trinajstić information content (AvgIpc) is 3.70. The Hall–Kier alpha value is -6.10. The number of halogens is 4. The fraction of sp³-hybridized carbons (Fsp3) is 0.0541. The largest absolute Gasteiger partial charge is 0.495 e. The molecule has 9 nitrogen and oxygen atoms in total. The Morgan fingerprint density at radius 3 is 2.39 bits per heavy atom. The molecule has 0 fully saturated rings. The molecule has 0 aliphatic heterocycles. The summed E-state index contributed by atoms with van der Waals surface area (Å²) in [5.41, 5.74) is 1.79. The summed E-state index contributed by atoms with van der Waals surface area (Å²) in [7, 11) is -3.20. The number of benzene rings is 4. The maximum atomic E-state index is 15.2. The normalized spacial score (nSPS) is 11.7. The van der Waals surface area contributed by atoms with Crippen molar-refractivity contribution in [3.8, 4) is 45.3 Å². The number of ether oxygens (including phenoxy) is 1. The van der Waals surface area contributed by atoms with E-state index in [0.29, 0.717) is 16.7 Å². The number of hydrogen-bond donors (Lipinski definition) is 1. The number of fused-ring (bicyclic) bond motifs is 2. The van der Waals surface area contributed by atoms with E-state index in [4.69, 9.17) is 16.3 Å². The summed E-state index contributed by atoms with van der Waals surface area (Å²) in [6.07, 6.45) is 0.0330. The minimum atomic E-state index is -4.62. The van der Waals surface area contributed by atoms with Gasteiger partial charge in [0.15, 0.2) is 0 Å². The lowest BCUT2D eigenvalue weighted by Gasteiger charge is -2.16. The van der Waals surface area contributed by atoms with Crippen LogP contribution in [0, 0.1) is 17.1 Å². The van der Waals surface area contributed by atoms with Crippen LogP contribution in [-0.4, -0.2) is 40.2 Å². The zero-order chi connectivity index (χ0) is 36.2. The van der Waals surface area contributed by atoms with Gasteiger partial charge >= 0.3 is 5.97 Å². The van der Waals surface area contributed by atoms with Crippen LogP contribution in [0.2, 0.25) is 5.02 Å². The molecule has 0 bridgehead atoms. The molecule has 7 aromatic rings. The number of carboxylic acids is 1. The molecule has 0 atom stereocenters. The number of alkyl halides is 2. The first-order chi connectivity index (χ1) is 24.4. The van der Waals surface area contributed by atoms with Crippen LogP contribution < -0.4 is 4.74 Å². The van der Waals surface area contributed by atoms with E-state index < -0.39 is 28.2 Å². The highest BCUT2D eigenvalue weighted by Gasteiger charge is 2.31. The van der Waals surface area contributed by atoms with Gasteiger partial charge in [-0.05, 0) is 60.2 Å². The van der Waals surface area contributed by atoms with E-state index in [1.165, 1.54) is 54.4 Å². The number of hydrogen-bond acceptors (Lipinski definition) is 6. The van der Waals surface area contributed by atoms with Crippen LogP contribution in [0.15, 0.2) is 108 Å². The third-order valence-corrected chi connectivity index (χ3v) is 10.5. The third-order valence-electron chi connectivity index (χ3n) is 8.43. The molecule has 0 saturated carbocycles. The van der Waals surface area contributed by atoms with E-state index in [0.717, 1.165) is 34.3 Å². The Labute approximate surface area is 293 Å². The lowest BCUT2D eigenvalue weighted by Crippen LogP contribution is -2.14. The Morgan fingerprint density at radius 1 is 0.980 bits per heavy atom. The lowest BCUT2D eigenvalue weighted by atomic mass is 9.95. The summed E-state index contributed by atoms with van der Waals surface area (Å²) in [6, 6.07) is 22.2. The maximum absolute atomic E-state index is 15.2. The van der Waals surface area contributed by atoms with Crippen LogP contribution in [0.5, 0.6) is 5.75 Å². The Kier molecular flexibility index (Phi) is 8.29. The topological polar surface area (TPSA) is 127 Å². The van der Waals surface area contributed by atoms with Gasteiger partial charge in [-0.1, -0.05) is 48.0 Å². The van der Waals surface area contributed by atoms with Gasteiger partial charge in [-0.25, -0.2) is 34.9 Å². The molecule has 14 heteroatoms. The fourth-order valence-electron chi connectivity index (χ4n) is 6.11. The Morgan fingerprint density at radius 2 is 1.73 bits per heavy atom. The standard InChI is InChI=1S/C37H22ClF3N4O5S/c1-50-26-16-30(34-24(17-42)18-43-44(34)19-26)33-29-15-25(39)8-12-32(29)45(51(48,49)27-9-5-20(6-10-27)36(40)41)35(33)22-4-2-3-21(13-22)28-11-7-23(37(46)47)14-31(28)38/h2-16,18-19,36H,1H3,(H,46,47). The lowest BCUT2D eigenvalue weighted by molar-refractivity contribution is 0.0696. The summed E-state index contributed by atoms with van der Waals surface area (Å²) < 4.78 is 79.5. The van der Waals surface area contributed by atoms with Gasteiger partial charge in [0.05, 0.1) is 52.3 Å². The monoisotopic (exact) mass is 726 g/mol. The summed E-state index contributed by atoms with van der Waals surface area (Å²) in [5, 5.41) is 24.1. The molecule has 0 amide bonds. The van der Waals surface area contributed by atoms with Crippen LogP contribution in [0.1, 0.15) is 27.9 Å². The van der Waals surface area contributed by atoms with Crippen LogP contribution in [0.25, 0.3) is 49.9 Å². The van der Waals surface area contributed by atoms with Gasteiger partial charge in [-0.2, -0.15) is 10.4 Å². The number of carboxylic acid groups (broad SMARTS) is 1. The van der Waals surface area contributed by atoms with Crippen molar-refractivity contribution in [3.63, 3.8) is 0 Å². The van der Waals surface area contributed by atoms with E-state index in [-0.39, 0.29) is 65.6 Å². The van der Waals surface area contributed by atoms with Crippen molar-refractivity contribution in [2.24, 2.45) is 0 Å². The molecule has 0 aliphatic carbocycles. The van der Waals surface area contributed by atoms with Crippen molar-refractivity contribution in [3.05, 3.63) is 131 Å². The zero-order valence-electron chi connectivity index (χ0n) is 26.2. The molecule has 254 valence electrons. The molecule has 0 aliphatic rings. The number of pyridine rings is 1. The first kappa shape index (κ1) is 33.4. The summed E-state index contributed by atoms with van der Waals surface area (Å²) in [6.45, 7) is 0. The zero-order valence-corrected chi connectivity index (χ0v) is 27.8. The second-order valence-electron chi connectivity index (χ2n) is 11.4. The molecule has 0 spiro atoms. The number of nitrogens with zero attached hydrogens (tertiary/aromatic N) is 4. The second kappa shape index (κ2) is 12.7. The van der Waals surface area contributed by atoms with Gasteiger partial charge < -0.3 is 9.84 Å². The average molecular weight is 727 g/mol. The Balaban J connectivity index is 1.63. The molecule has 7 rings (SSSR count). The first-order valence-electron chi connectivity index (χ1n) is 15.0. The van der Waals surface area contributed by atoms with Crippen LogP contribution in [-0.2, 0) is 10.0 Å².